The molecule has 0 saturated heterocycles. The Labute approximate surface area is 162 Å². The Hall–Kier alpha value is -2.34. The van der Waals surface area contributed by atoms with Gasteiger partial charge in [0.2, 0.25) is 0 Å². The van der Waals surface area contributed by atoms with E-state index in [0.29, 0.717) is 11.9 Å². The number of hydrogen-bond acceptors (Lipinski definition) is 5. The van der Waals surface area contributed by atoms with Gasteiger partial charge in [0, 0.05) is 51.2 Å². The molecule has 0 amide bonds. The van der Waals surface area contributed by atoms with Crippen molar-refractivity contribution in [1.82, 2.24) is 15.0 Å². The Morgan fingerprint density at radius 1 is 1.15 bits per heavy atom. The Bertz CT molecular complexity index is 947. The molecule has 1 aromatic carbocycles. The second-order valence-corrected chi connectivity index (χ2v) is 8.96. The molecule has 1 aliphatic rings. The van der Waals surface area contributed by atoms with Gasteiger partial charge in [0.15, 0.2) is 5.82 Å². The molecule has 4 rings (SSSR count). The maximum atomic E-state index is 12.3. The van der Waals surface area contributed by atoms with Crippen LogP contribution >= 0.6 is 0 Å². The van der Waals surface area contributed by atoms with Crippen molar-refractivity contribution < 1.29 is 4.21 Å². The number of fused-ring (bicyclic) bond motifs is 1. The smallest absolute Gasteiger partial charge is 0.163 e. The molecule has 0 bridgehead atoms. The molecule has 27 heavy (non-hydrogen) atoms. The van der Waals surface area contributed by atoms with Crippen LogP contribution in [-0.4, -0.2) is 36.2 Å². The molecule has 1 saturated carbocycles. The van der Waals surface area contributed by atoms with Crippen molar-refractivity contribution in [3.8, 4) is 11.4 Å². The fourth-order valence-corrected chi connectivity index (χ4v) is 5.10. The van der Waals surface area contributed by atoms with Crippen molar-refractivity contribution >= 4 is 27.5 Å². The van der Waals surface area contributed by atoms with Crippen LogP contribution in [0.3, 0.4) is 0 Å². The van der Waals surface area contributed by atoms with E-state index in [9.17, 15) is 4.21 Å². The summed E-state index contributed by atoms with van der Waals surface area (Å²) in [6, 6.07) is 12.2. The molecule has 1 N–H and O–H groups in total. The van der Waals surface area contributed by atoms with Crippen molar-refractivity contribution in [2.45, 2.75) is 43.9 Å². The van der Waals surface area contributed by atoms with Crippen LogP contribution in [0.4, 0.5) is 5.82 Å². The van der Waals surface area contributed by atoms with E-state index in [2.05, 4.69) is 16.4 Å². The Morgan fingerprint density at radius 2 is 2.04 bits per heavy atom. The highest BCUT2D eigenvalue weighted by atomic mass is 32.2. The fraction of sp³-hybridized carbons (Fsp3) is 0.381. The lowest BCUT2D eigenvalue weighted by molar-refractivity contribution is 0.464. The maximum Gasteiger partial charge on any atom is 0.163 e. The van der Waals surface area contributed by atoms with Crippen LogP contribution in [0.5, 0.6) is 0 Å². The van der Waals surface area contributed by atoms with E-state index in [1.54, 1.807) is 12.4 Å². The molecule has 2 heterocycles. The van der Waals surface area contributed by atoms with Gasteiger partial charge in [-0.25, -0.2) is 9.97 Å². The topological polar surface area (TPSA) is 67.8 Å². The molecule has 3 unspecified atom stereocenters. The Kier molecular flexibility index (Phi) is 5.43. The first kappa shape index (κ1) is 18.0. The van der Waals surface area contributed by atoms with E-state index < -0.39 is 10.8 Å². The van der Waals surface area contributed by atoms with E-state index in [1.807, 2.05) is 37.3 Å². The van der Waals surface area contributed by atoms with E-state index in [4.69, 9.17) is 9.97 Å². The van der Waals surface area contributed by atoms with Gasteiger partial charge in [0.1, 0.15) is 5.82 Å². The number of para-hydroxylation sites is 1. The van der Waals surface area contributed by atoms with Crippen molar-refractivity contribution in [3.63, 3.8) is 0 Å². The van der Waals surface area contributed by atoms with Crippen LogP contribution in [0.2, 0.25) is 0 Å². The lowest BCUT2D eigenvalue weighted by Gasteiger charge is -2.29. The summed E-state index contributed by atoms with van der Waals surface area (Å²) >= 11 is 0. The maximum absolute atomic E-state index is 12.3. The third-order valence-electron chi connectivity index (χ3n) is 5.15. The highest BCUT2D eigenvalue weighted by molar-refractivity contribution is 7.85. The summed E-state index contributed by atoms with van der Waals surface area (Å²) in [4.78, 5) is 13.7. The number of nitrogens with zero attached hydrogens (tertiary/aromatic N) is 3. The number of rotatable bonds is 5. The van der Waals surface area contributed by atoms with Gasteiger partial charge >= 0.3 is 0 Å². The van der Waals surface area contributed by atoms with Crippen LogP contribution in [0.25, 0.3) is 22.3 Å². The highest BCUT2D eigenvalue weighted by Crippen LogP contribution is 2.29. The summed E-state index contributed by atoms with van der Waals surface area (Å²) in [5.74, 6) is 2.26. The van der Waals surface area contributed by atoms with Crippen LogP contribution in [0.15, 0.2) is 48.8 Å². The summed E-state index contributed by atoms with van der Waals surface area (Å²) < 4.78 is 12.3. The van der Waals surface area contributed by atoms with Crippen molar-refractivity contribution in [2.24, 2.45) is 0 Å². The normalized spacial score (nSPS) is 21.1. The van der Waals surface area contributed by atoms with Gasteiger partial charge in [0.25, 0.3) is 0 Å². The zero-order chi connectivity index (χ0) is 18.6. The summed E-state index contributed by atoms with van der Waals surface area (Å²) in [6.45, 7) is 2.01. The van der Waals surface area contributed by atoms with Crippen molar-refractivity contribution in [3.05, 3.63) is 48.8 Å². The second kappa shape index (κ2) is 8.13. The molecule has 3 atom stereocenters. The summed E-state index contributed by atoms with van der Waals surface area (Å²) in [7, 11) is -0.734. The monoisotopic (exact) mass is 380 g/mol. The van der Waals surface area contributed by atoms with Gasteiger partial charge in [-0.2, -0.15) is 0 Å². The molecular weight excluding hydrogens is 356 g/mol. The number of anilines is 1. The van der Waals surface area contributed by atoms with Crippen LogP contribution in [0.1, 0.15) is 32.6 Å². The van der Waals surface area contributed by atoms with Gasteiger partial charge in [0.05, 0.1) is 5.52 Å². The third kappa shape index (κ3) is 4.00. The Balaban J connectivity index is 1.67. The summed E-state index contributed by atoms with van der Waals surface area (Å²) in [6.07, 6.45) is 7.71. The van der Waals surface area contributed by atoms with Gasteiger partial charge in [-0.05, 0) is 43.5 Å². The minimum absolute atomic E-state index is 0.284. The van der Waals surface area contributed by atoms with Gasteiger partial charge in [-0.1, -0.05) is 25.5 Å². The van der Waals surface area contributed by atoms with Gasteiger partial charge in [-0.3, -0.25) is 9.19 Å². The summed E-state index contributed by atoms with van der Waals surface area (Å²) in [5, 5.41) is 4.94. The standard InChI is InChI=1S/C21H24N4OS/c1-2-27(26)17-9-5-8-16(13-17)23-21-18-10-3-4-11-19(18)24-20(25-21)15-7-6-12-22-14-15/h3-4,6-7,10-12,14,16-17H,2,5,8-9,13H2,1H3,(H,23,24,25). The van der Waals surface area contributed by atoms with Gasteiger partial charge < -0.3 is 5.32 Å². The molecule has 0 aliphatic heterocycles. The largest absolute Gasteiger partial charge is 0.367 e. The molecule has 1 aliphatic carbocycles. The lowest BCUT2D eigenvalue weighted by Crippen LogP contribution is -2.33. The quantitative estimate of drug-likeness (QED) is 0.719. The molecule has 0 spiro atoms. The van der Waals surface area contributed by atoms with E-state index in [1.165, 1.54) is 0 Å². The van der Waals surface area contributed by atoms with Crippen LogP contribution in [0, 0.1) is 0 Å². The fourth-order valence-electron chi connectivity index (χ4n) is 3.75. The van der Waals surface area contributed by atoms with Crippen molar-refractivity contribution in [2.75, 3.05) is 11.1 Å². The number of aromatic nitrogens is 3. The summed E-state index contributed by atoms with van der Waals surface area (Å²) in [5.41, 5.74) is 1.82. The first-order valence-corrected chi connectivity index (χ1v) is 10.9. The minimum Gasteiger partial charge on any atom is -0.367 e. The lowest BCUT2D eigenvalue weighted by atomic mass is 9.95. The zero-order valence-electron chi connectivity index (χ0n) is 15.5. The van der Waals surface area contributed by atoms with Crippen LogP contribution < -0.4 is 5.32 Å². The molecule has 2 aromatic heterocycles. The average Bonchev–Trinajstić information content (AvgIpc) is 2.74. The van der Waals surface area contributed by atoms with E-state index in [-0.39, 0.29) is 5.25 Å². The van der Waals surface area contributed by atoms with E-state index >= 15 is 0 Å². The average molecular weight is 381 g/mol. The molecule has 140 valence electrons. The molecule has 6 heteroatoms. The number of hydrogen-bond donors (Lipinski definition) is 1. The number of pyridine rings is 1. The number of benzene rings is 1. The van der Waals surface area contributed by atoms with Gasteiger partial charge in [-0.15, -0.1) is 0 Å². The molecule has 5 nitrogen and oxygen atoms in total. The molecular formula is C21H24N4OS. The predicted molar refractivity (Wildman–Crippen MR) is 111 cm³/mol. The Morgan fingerprint density at radius 3 is 2.85 bits per heavy atom. The SMILES string of the molecule is CCS(=O)C1CCCC(Nc2nc(-c3cccnc3)nc3ccccc23)C1. The first-order chi connectivity index (χ1) is 13.2. The zero-order valence-corrected chi connectivity index (χ0v) is 16.3. The minimum atomic E-state index is -0.734. The molecule has 0 radical (unpaired) electrons. The van der Waals surface area contributed by atoms with Crippen LogP contribution in [-0.2, 0) is 10.8 Å². The first-order valence-electron chi connectivity index (χ1n) is 9.55. The third-order valence-corrected chi connectivity index (χ3v) is 6.89. The molecule has 1 fully saturated rings. The number of nitrogens with one attached hydrogen (secondary N) is 1. The second-order valence-electron chi connectivity index (χ2n) is 6.95. The predicted octanol–water partition coefficient (Wildman–Crippen LogP) is 4.18. The molecule has 3 aromatic rings. The van der Waals surface area contributed by atoms with E-state index in [0.717, 1.165) is 53.7 Å². The van der Waals surface area contributed by atoms with Crippen molar-refractivity contribution in [1.29, 1.82) is 0 Å². The highest BCUT2D eigenvalue weighted by Gasteiger charge is 2.26.